The highest BCUT2D eigenvalue weighted by Gasteiger charge is 2.44. The Morgan fingerprint density at radius 1 is 0.946 bits per heavy atom. The second-order valence-corrected chi connectivity index (χ2v) is 9.99. The van der Waals surface area contributed by atoms with E-state index in [1.165, 1.54) is 11.1 Å². The van der Waals surface area contributed by atoms with Gasteiger partial charge >= 0.3 is 0 Å². The number of hydrogen-bond acceptors (Lipinski definition) is 6. The van der Waals surface area contributed by atoms with Crippen molar-refractivity contribution in [3.8, 4) is 6.07 Å². The van der Waals surface area contributed by atoms with Crippen LogP contribution in [0.1, 0.15) is 22.3 Å². The first kappa shape index (κ1) is 23.0. The fourth-order valence-corrected chi connectivity index (χ4v) is 6.19. The maximum absolute atomic E-state index is 14.1. The van der Waals surface area contributed by atoms with Crippen LogP contribution >= 0.6 is 0 Å². The smallest absolute Gasteiger partial charge is 0.269 e. The van der Waals surface area contributed by atoms with E-state index in [1.807, 2.05) is 47.4 Å². The number of nitro groups is 1. The first-order valence-electron chi connectivity index (χ1n) is 12.7. The molecule has 0 saturated carbocycles. The fraction of sp³-hybridized carbons (Fsp3) is 0.310. The maximum Gasteiger partial charge on any atom is 0.269 e. The van der Waals surface area contributed by atoms with Crippen LogP contribution in [0, 0.1) is 27.4 Å². The Kier molecular flexibility index (Phi) is 5.76. The summed E-state index contributed by atoms with van der Waals surface area (Å²) in [5.74, 6) is -0.242. The molecule has 0 N–H and O–H groups in total. The Balaban J connectivity index is 1.35. The molecule has 186 valence electrons. The minimum absolute atomic E-state index is 0.0527. The van der Waals surface area contributed by atoms with Crippen LogP contribution in [0.4, 0.5) is 17.1 Å². The Bertz CT molecular complexity index is 1430. The van der Waals surface area contributed by atoms with Crippen LogP contribution in [-0.2, 0) is 24.2 Å². The molecule has 37 heavy (non-hydrogen) atoms. The van der Waals surface area contributed by atoms with Gasteiger partial charge in [0.05, 0.1) is 28.1 Å². The van der Waals surface area contributed by atoms with Gasteiger partial charge in [0.25, 0.3) is 5.69 Å². The number of benzene rings is 3. The van der Waals surface area contributed by atoms with Gasteiger partial charge in [-0.25, -0.2) is 0 Å². The van der Waals surface area contributed by atoms with E-state index in [-0.39, 0.29) is 28.5 Å². The van der Waals surface area contributed by atoms with E-state index >= 15 is 0 Å². The van der Waals surface area contributed by atoms with Crippen molar-refractivity contribution in [1.29, 1.82) is 5.26 Å². The van der Waals surface area contributed by atoms with Crippen molar-refractivity contribution in [2.24, 2.45) is 5.92 Å². The number of rotatable bonds is 3. The number of fused-ring (bicyclic) bond motifs is 4. The second kappa shape index (κ2) is 9.25. The fourth-order valence-electron chi connectivity index (χ4n) is 6.19. The molecular formula is C29H27N5O3. The van der Waals surface area contributed by atoms with Gasteiger partial charge in [0.15, 0.2) is 0 Å². The van der Waals surface area contributed by atoms with Gasteiger partial charge in [-0.1, -0.05) is 36.4 Å². The number of hydrogen-bond donors (Lipinski definition) is 0. The summed E-state index contributed by atoms with van der Waals surface area (Å²) in [4.78, 5) is 31.6. The van der Waals surface area contributed by atoms with Gasteiger partial charge in [-0.2, -0.15) is 5.26 Å². The van der Waals surface area contributed by atoms with Gasteiger partial charge in [-0.3, -0.25) is 14.9 Å². The van der Waals surface area contributed by atoms with Crippen LogP contribution < -0.4 is 9.80 Å². The Morgan fingerprint density at radius 2 is 1.73 bits per heavy atom. The summed E-state index contributed by atoms with van der Waals surface area (Å²) < 4.78 is 0. The number of carbonyl (C=O) groups is 1. The van der Waals surface area contributed by atoms with Crippen molar-refractivity contribution in [1.82, 2.24) is 4.90 Å². The zero-order valence-corrected chi connectivity index (χ0v) is 20.4. The summed E-state index contributed by atoms with van der Waals surface area (Å²) >= 11 is 0. The van der Waals surface area contributed by atoms with Gasteiger partial charge in [0.2, 0.25) is 5.91 Å². The lowest BCUT2D eigenvalue weighted by molar-refractivity contribution is -0.384. The van der Waals surface area contributed by atoms with Crippen molar-refractivity contribution in [2.45, 2.75) is 25.4 Å². The molecule has 3 aliphatic rings. The minimum atomic E-state index is -0.373. The highest BCUT2D eigenvalue weighted by molar-refractivity contribution is 5.83. The van der Waals surface area contributed by atoms with E-state index in [4.69, 9.17) is 0 Å². The van der Waals surface area contributed by atoms with Gasteiger partial charge in [-0.05, 0) is 47.7 Å². The minimum Gasteiger partial charge on any atom is -0.367 e. The Morgan fingerprint density at radius 3 is 2.54 bits per heavy atom. The maximum atomic E-state index is 14.1. The predicted octanol–water partition coefficient (Wildman–Crippen LogP) is 3.92. The summed E-state index contributed by atoms with van der Waals surface area (Å²) in [5, 5.41) is 21.2. The number of piperazine rings is 1. The molecule has 2 atom stereocenters. The monoisotopic (exact) mass is 493 g/mol. The normalized spacial score (nSPS) is 20.4. The molecule has 0 aromatic heterocycles. The van der Waals surface area contributed by atoms with Crippen molar-refractivity contribution in [2.75, 3.05) is 36.0 Å². The van der Waals surface area contributed by atoms with Crippen LogP contribution in [0.5, 0.6) is 0 Å². The van der Waals surface area contributed by atoms with Gasteiger partial charge in [0, 0.05) is 50.5 Å². The number of anilines is 2. The van der Waals surface area contributed by atoms with Gasteiger partial charge in [0.1, 0.15) is 6.07 Å². The molecule has 8 heteroatoms. The molecule has 6 rings (SSSR count). The average molecular weight is 494 g/mol. The van der Waals surface area contributed by atoms with E-state index in [2.05, 4.69) is 28.0 Å². The molecule has 0 bridgehead atoms. The van der Waals surface area contributed by atoms with Crippen LogP contribution in [0.25, 0.3) is 0 Å². The van der Waals surface area contributed by atoms with E-state index in [0.29, 0.717) is 44.7 Å². The lowest BCUT2D eigenvalue weighted by atomic mass is 9.82. The molecule has 2 unspecified atom stereocenters. The average Bonchev–Trinajstić information content (AvgIpc) is 2.95. The summed E-state index contributed by atoms with van der Waals surface area (Å²) in [5.41, 5.74) is 5.85. The van der Waals surface area contributed by atoms with Crippen LogP contribution in [-0.4, -0.2) is 48.0 Å². The highest BCUT2D eigenvalue weighted by atomic mass is 16.6. The van der Waals surface area contributed by atoms with Gasteiger partial charge < -0.3 is 14.7 Å². The molecule has 3 aliphatic heterocycles. The topological polar surface area (TPSA) is 93.7 Å². The summed E-state index contributed by atoms with van der Waals surface area (Å²) in [6.45, 7) is 3.23. The van der Waals surface area contributed by atoms with Crippen molar-refractivity contribution < 1.29 is 9.72 Å². The summed E-state index contributed by atoms with van der Waals surface area (Å²) in [7, 11) is 0. The molecule has 1 saturated heterocycles. The number of nitro benzene ring substituents is 1. The number of nitriles is 1. The molecule has 1 fully saturated rings. The summed E-state index contributed by atoms with van der Waals surface area (Å²) in [6.07, 6.45) is 1.29. The first-order valence-corrected chi connectivity index (χ1v) is 12.7. The molecule has 0 radical (unpaired) electrons. The highest BCUT2D eigenvalue weighted by Crippen LogP contribution is 2.40. The molecule has 3 aromatic carbocycles. The lowest BCUT2D eigenvalue weighted by Gasteiger charge is -2.50. The first-order chi connectivity index (χ1) is 18.0. The lowest BCUT2D eigenvalue weighted by Crippen LogP contribution is -2.61. The van der Waals surface area contributed by atoms with E-state index < -0.39 is 0 Å². The van der Waals surface area contributed by atoms with Crippen molar-refractivity contribution >= 4 is 23.0 Å². The zero-order chi connectivity index (χ0) is 25.5. The third kappa shape index (κ3) is 4.06. The number of nitrogens with zero attached hydrogens (tertiary/aromatic N) is 5. The second-order valence-electron chi connectivity index (χ2n) is 9.99. The Hall–Kier alpha value is -4.38. The largest absolute Gasteiger partial charge is 0.367 e. The molecule has 0 spiro atoms. The molecule has 1 amide bonds. The quantitative estimate of drug-likeness (QED) is 0.406. The molecule has 3 heterocycles. The zero-order valence-electron chi connectivity index (χ0n) is 20.4. The van der Waals surface area contributed by atoms with Crippen molar-refractivity contribution in [3.05, 3.63) is 99.1 Å². The van der Waals surface area contributed by atoms with Crippen LogP contribution in [0.3, 0.4) is 0 Å². The number of amides is 1. The molecule has 8 nitrogen and oxygen atoms in total. The molecule has 0 aliphatic carbocycles. The number of non-ortho nitro benzene ring substituents is 1. The van der Waals surface area contributed by atoms with Crippen LogP contribution in [0.2, 0.25) is 0 Å². The molecular weight excluding hydrogens is 466 g/mol. The predicted molar refractivity (Wildman–Crippen MR) is 140 cm³/mol. The third-order valence-electron chi connectivity index (χ3n) is 8.03. The number of carbonyl (C=O) groups excluding carboxylic acids is 1. The van der Waals surface area contributed by atoms with Gasteiger partial charge in [-0.15, -0.1) is 0 Å². The SMILES string of the molecule is N#Cc1ccccc1N1CCN2c3ccc([N+](=O)[O-])cc3CC(C(=O)N3CCc4ccccc4C3)C2C1. The third-order valence-corrected chi connectivity index (χ3v) is 8.03. The van der Waals surface area contributed by atoms with Crippen LogP contribution in [0.15, 0.2) is 66.7 Å². The van der Waals surface area contributed by atoms with E-state index in [0.717, 1.165) is 23.4 Å². The van der Waals surface area contributed by atoms with E-state index in [9.17, 15) is 20.2 Å². The standard InChI is InChI=1S/C29H27N5O3/c30-17-21-6-3-4-8-26(21)31-13-14-33-27-10-9-24(34(36)37)15-23(27)16-25(28(33)19-31)29(35)32-12-11-20-5-1-2-7-22(20)18-32/h1-10,15,25,28H,11-14,16,18-19H2. The van der Waals surface area contributed by atoms with Crippen molar-refractivity contribution in [3.63, 3.8) is 0 Å². The number of para-hydroxylation sites is 1. The Labute approximate surface area is 215 Å². The molecule has 3 aromatic rings. The van der Waals surface area contributed by atoms with E-state index in [1.54, 1.807) is 12.1 Å². The summed E-state index contributed by atoms with van der Waals surface area (Å²) in [6, 6.07) is 23.1.